The number of para-hydroxylation sites is 1. The van der Waals surface area contributed by atoms with Crippen LogP contribution < -0.4 is 5.32 Å². The van der Waals surface area contributed by atoms with Crippen LogP contribution >= 0.6 is 11.6 Å². The monoisotopic (exact) mass is 308 g/mol. The fourth-order valence-corrected chi connectivity index (χ4v) is 2.74. The number of fused-ring (bicyclic) bond motifs is 1. The number of hydrogen-bond acceptors (Lipinski definition) is 2. The minimum atomic E-state index is -1.04. The number of aliphatic carboxylic acids is 1. The number of amides is 1. The van der Waals surface area contributed by atoms with Crippen LogP contribution in [-0.2, 0) is 11.8 Å². The van der Waals surface area contributed by atoms with Gasteiger partial charge in [-0.15, -0.1) is 0 Å². The summed E-state index contributed by atoms with van der Waals surface area (Å²) in [7, 11) is 1.73. The summed E-state index contributed by atoms with van der Waals surface area (Å²) >= 11 is 6.27. The van der Waals surface area contributed by atoms with Gasteiger partial charge >= 0.3 is 5.97 Å². The van der Waals surface area contributed by atoms with Gasteiger partial charge in [-0.25, -0.2) is 4.79 Å². The molecule has 21 heavy (non-hydrogen) atoms. The van der Waals surface area contributed by atoms with E-state index in [1.54, 1.807) is 11.6 Å². The zero-order chi connectivity index (χ0) is 15.6. The van der Waals surface area contributed by atoms with Crippen LogP contribution in [0.15, 0.2) is 24.3 Å². The molecule has 0 saturated heterocycles. The largest absolute Gasteiger partial charge is 0.480 e. The van der Waals surface area contributed by atoms with E-state index in [0.29, 0.717) is 17.9 Å². The number of carboxylic acids is 1. The van der Waals surface area contributed by atoms with Crippen molar-refractivity contribution in [3.05, 3.63) is 35.0 Å². The van der Waals surface area contributed by atoms with E-state index in [4.69, 9.17) is 16.7 Å². The average Bonchev–Trinajstić information content (AvgIpc) is 2.71. The first-order chi connectivity index (χ1) is 9.97. The number of carbonyl (C=O) groups is 2. The Balaban J connectivity index is 2.37. The molecule has 0 aliphatic heterocycles. The number of carbonyl (C=O) groups excluding carboxylic acids is 1. The lowest BCUT2D eigenvalue weighted by Crippen LogP contribution is -2.41. The number of halogens is 1. The summed E-state index contributed by atoms with van der Waals surface area (Å²) in [5.74, 6) is -1.51. The number of aryl methyl sites for hydroxylation is 1. The Morgan fingerprint density at radius 2 is 2.05 bits per heavy atom. The minimum absolute atomic E-state index is 0.278. The number of carboxylic acid groups (broad SMARTS) is 1. The maximum atomic E-state index is 12.4. The molecule has 1 atom stereocenters. The molecule has 2 aromatic rings. The highest BCUT2D eigenvalue weighted by Crippen LogP contribution is 2.29. The highest BCUT2D eigenvalue weighted by Gasteiger charge is 2.24. The van der Waals surface area contributed by atoms with E-state index in [-0.39, 0.29) is 5.69 Å². The highest BCUT2D eigenvalue weighted by atomic mass is 35.5. The van der Waals surface area contributed by atoms with E-state index in [9.17, 15) is 9.59 Å². The minimum Gasteiger partial charge on any atom is -0.480 e. The third kappa shape index (κ3) is 2.88. The van der Waals surface area contributed by atoms with Crippen LogP contribution in [0.25, 0.3) is 10.9 Å². The zero-order valence-electron chi connectivity index (χ0n) is 11.9. The highest BCUT2D eigenvalue weighted by molar-refractivity contribution is 6.38. The molecule has 2 rings (SSSR count). The van der Waals surface area contributed by atoms with Gasteiger partial charge in [0.2, 0.25) is 0 Å². The van der Waals surface area contributed by atoms with Crippen molar-refractivity contribution in [2.24, 2.45) is 7.05 Å². The van der Waals surface area contributed by atoms with E-state index in [0.717, 1.165) is 10.9 Å². The first-order valence-corrected chi connectivity index (χ1v) is 7.11. The van der Waals surface area contributed by atoms with E-state index in [1.807, 2.05) is 31.2 Å². The SMILES string of the molecule is CCCC(NC(=O)c1c(Cl)c2ccccc2n1C)C(=O)O. The molecular weight excluding hydrogens is 292 g/mol. The topological polar surface area (TPSA) is 71.3 Å². The standard InChI is InChI=1S/C15H17ClN2O3/c1-3-6-10(15(20)21)17-14(19)13-12(16)9-7-4-5-8-11(9)18(13)2/h4-5,7-8,10H,3,6H2,1-2H3,(H,17,19)(H,20,21). The summed E-state index contributed by atoms with van der Waals surface area (Å²) in [4.78, 5) is 23.5. The molecule has 0 bridgehead atoms. The third-order valence-corrected chi connectivity index (χ3v) is 3.82. The Kier molecular flexibility index (Phi) is 4.53. The molecule has 1 aromatic heterocycles. The van der Waals surface area contributed by atoms with Crippen molar-refractivity contribution in [2.75, 3.05) is 0 Å². The van der Waals surface area contributed by atoms with Crippen LogP contribution in [0.1, 0.15) is 30.3 Å². The Morgan fingerprint density at radius 1 is 1.38 bits per heavy atom. The van der Waals surface area contributed by atoms with Crippen molar-refractivity contribution in [3.63, 3.8) is 0 Å². The van der Waals surface area contributed by atoms with Gasteiger partial charge in [0.25, 0.3) is 5.91 Å². The lowest BCUT2D eigenvalue weighted by Gasteiger charge is -2.14. The number of benzene rings is 1. The molecule has 0 spiro atoms. The molecule has 1 heterocycles. The normalized spacial score (nSPS) is 12.3. The summed E-state index contributed by atoms with van der Waals surface area (Å²) in [6, 6.07) is 6.48. The fourth-order valence-electron chi connectivity index (χ4n) is 2.37. The molecule has 5 nitrogen and oxygen atoms in total. The molecule has 6 heteroatoms. The smallest absolute Gasteiger partial charge is 0.326 e. The van der Waals surface area contributed by atoms with Gasteiger partial charge in [0.05, 0.1) is 5.02 Å². The van der Waals surface area contributed by atoms with Crippen LogP contribution in [-0.4, -0.2) is 27.6 Å². The molecule has 0 fully saturated rings. The fraction of sp³-hybridized carbons (Fsp3) is 0.333. The van der Waals surface area contributed by atoms with E-state index >= 15 is 0 Å². The molecular formula is C15H17ClN2O3. The number of nitrogens with one attached hydrogen (secondary N) is 1. The summed E-state index contributed by atoms with van der Waals surface area (Å²) in [6.45, 7) is 1.87. The number of rotatable bonds is 5. The Labute approximate surface area is 127 Å². The second kappa shape index (κ2) is 6.18. The lowest BCUT2D eigenvalue weighted by atomic mass is 10.1. The van der Waals surface area contributed by atoms with Crippen LogP contribution in [0, 0.1) is 0 Å². The molecule has 1 amide bonds. The average molecular weight is 309 g/mol. The van der Waals surface area contributed by atoms with E-state index in [1.165, 1.54) is 0 Å². The van der Waals surface area contributed by atoms with Gasteiger partial charge in [-0.05, 0) is 12.5 Å². The van der Waals surface area contributed by atoms with Crippen molar-refractivity contribution in [2.45, 2.75) is 25.8 Å². The molecule has 112 valence electrons. The molecule has 1 unspecified atom stereocenters. The quantitative estimate of drug-likeness (QED) is 0.892. The molecule has 0 aliphatic rings. The first kappa shape index (κ1) is 15.4. The third-order valence-electron chi connectivity index (χ3n) is 3.44. The predicted molar refractivity (Wildman–Crippen MR) is 81.7 cm³/mol. The van der Waals surface area contributed by atoms with Gasteiger partial charge in [0, 0.05) is 18.0 Å². The lowest BCUT2D eigenvalue weighted by molar-refractivity contribution is -0.139. The summed E-state index contributed by atoms with van der Waals surface area (Å²) in [6.07, 6.45) is 1.04. The summed E-state index contributed by atoms with van der Waals surface area (Å²) < 4.78 is 1.68. The molecule has 1 aromatic carbocycles. The predicted octanol–water partition coefficient (Wildman–Crippen LogP) is 2.81. The first-order valence-electron chi connectivity index (χ1n) is 6.74. The molecule has 2 N–H and O–H groups in total. The van der Waals surface area contributed by atoms with Crippen LogP contribution in [0.3, 0.4) is 0 Å². The Hall–Kier alpha value is -2.01. The Bertz CT molecular complexity index is 655. The Morgan fingerprint density at radius 3 is 2.62 bits per heavy atom. The number of nitrogens with zero attached hydrogens (tertiary/aromatic N) is 1. The van der Waals surface area contributed by atoms with Gasteiger partial charge < -0.3 is 15.0 Å². The zero-order valence-corrected chi connectivity index (χ0v) is 12.6. The number of hydrogen-bond donors (Lipinski definition) is 2. The summed E-state index contributed by atoms with van der Waals surface area (Å²) in [5.41, 5.74) is 1.11. The van der Waals surface area contributed by atoms with Crippen LogP contribution in [0.4, 0.5) is 0 Å². The van der Waals surface area contributed by atoms with E-state index in [2.05, 4.69) is 5.32 Å². The second-order valence-corrected chi connectivity index (χ2v) is 5.27. The maximum Gasteiger partial charge on any atom is 0.326 e. The van der Waals surface area contributed by atoms with Gasteiger partial charge in [0.15, 0.2) is 0 Å². The van der Waals surface area contributed by atoms with Crippen LogP contribution in [0.2, 0.25) is 5.02 Å². The second-order valence-electron chi connectivity index (χ2n) is 4.89. The van der Waals surface area contributed by atoms with Crippen LogP contribution in [0.5, 0.6) is 0 Å². The van der Waals surface area contributed by atoms with Crippen molar-refractivity contribution in [3.8, 4) is 0 Å². The maximum absolute atomic E-state index is 12.4. The van der Waals surface area contributed by atoms with Gasteiger partial charge in [-0.1, -0.05) is 43.1 Å². The number of aromatic nitrogens is 1. The molecule has 0 saturated carbocycles. The summed E-state index contributed by atoms with van der Waals surface area (Å²) in [5, 5.41) is 12.8. The van der Waals surface area contributed by atoms with Crippen molar-refractivity contribution < 1.29 is 14.7 Å². The van der Waals surface area contributed by atoms with Crippen molar-refractivity contribution >= 4 is 34.4 Å². The van der Waals surface area contributed by atoms with Gasteiger partial charge in [-0.3, -0.25) is 4.79 Å². The van der Waals surface area contributed by atoms with Crippen molar-refractivity contribution in [1.29, 1.82) is 0 Å². The molecule has 0 radical (unpaired) electrons. The van der Waals surface area contributed by atoms with Gasteiger partial charge in [-0.2, -0.15) is 0 Å². The molecule has 0 aliphatic carbocycles. The van der Waals surface area contributed by atoms with Crippen molar-refractivity contribution in [1.82, 2.24) is 9.88 Å². The van der Waals surface area contributed by atoms with Gasteiger partial charge in [0.1, 0.15) is 11.7 Å². The van der Waals surface area contributed by atoms with E-state index < -0.39 is 17.9 Å².